The second-order valence-corrected chi connectivity index (χ2v) is 1.94. The maximum Gasteiger partial charge on any atom is 0.123 e. The van der Waals surface area contributed by atoms with Gasteiger partial charge in [-0.05, 0) is 13.8 Å². The van der Waals surface area contributed by atoms with Gasteiger partial charge >= 0.3 is 0 Å². The summed E-state index contributed by atoms with van der Waals surface area (Å²) < 4.78 is 0. The van der Waals surface area contributed by atoms with E-state index in [2.05, 4.69) is 0 Å². The van der Waals surface area contributed by atoms with Gasteiger partial charge in [-0.1, -0.05) is 24.3 Å². The van der Waals surface area contributed by atoms with Crippen molar-refractivity contribution >= 4 is 12.6 Å². The molecular weight excluding hydrogens is 152 g/mol. The largest absolute Gasteiger partial charge is 0.303 e. The highest BCUT2D eigenvalue weighted by Crippen LogP contribution is 1.72. The average molecular weight is 168 g/mol. The molecule has 0 rings (SSSR count). The minimum absolute atomic E-state index is 0.552. The molecule has 0 unspecified atom stereocenters. The number of carbonyl (C=O) groups excluding carboxylic acids is 2. The van der Waals surface area contributed by atoms with E-state index < -0.39 is 0 Å². The van der Waals surface area contributed by atoms with Gasteiger partial charge in [-0.25, -0.2) is 0 Å². The lowest BCUT2D eigenvalue weighted by molar-refractivity contribution is -0.107. The molecule has 0 spiro atoms. The first-order chi connectivity index (χ1) is 5.83. The summed E-state index contributed by atoms with van der Waals surface area (Å²) in [6, 6.07) is 0. The number of aldehydes is 2. The number of hydrogen-bond donors (Lipinski definition) is 0. The van der Waals surface area contributed by atoms with Crippen molar-refractivity contribution in [2.24, 2.45) is 0 Å². The van der Waals surface area contributed by atoms with Crippen LogP contribution < -0.4 is 0 Å². The highest BCUT2D eigenvalue weighted by atomic mass is 16.1. The lowest BCUT2D eigenvalue weighted by Gasteiger charge is -1.65. The van der Waals surface area contributed by atoms with E-state index in [0.29, 0.717) is 12.8 Å². The zero-order valence-electron chi connectivity index (χ0n) is 7.69. The third-order valence-electron chi connectivity index (χ3n) is 0.936. The molecule has 0 saturated heterocycles. The van der Waals surface area contributed by atoms with Gasteiger partial charge in [0.2, 0.25) is 0 Å². The van der Waals surface area contributed by atoms with E-state index >= 15 is 0 Å². The van der Waals surface area contributed by atoms with Gasteiger partial charge < -0.3 is 9.59 Å². The zero-order chi connectivity index (χ0) is 9.66. The van der Waals surface area contributed by atoms with Crippen LogP contribution in [0.15, 0.2) is 24.3 Å². The molecule has 0 radical (unpaired) electrons. The molecule has 0 aromatic heterocycles. The Balaban J connectivity index is 0. The fourth-order valence-corrected chi connectivity index (χ4v) is 0.383. The molecule has 2 heteroatoms. The minimum atomic E-state index is 0.552. The third-order valence-corrected chi connectivity index (χ3v) is 0.936. The van der Waals surface area contributed by atoms with Gasteiger partial charge in [-0.3, -0.25) is 0 Å². The standard InChI is InChI=1S/2C5H8O/c2*1-2-3-4-5-6/h2*2-3,5H,4H2,1H3. The summed E-state index contributed by atoms with van der Waals surface area (Å²) in [6.07, 6.45) is 10.2. The van der Waals surface area contributed by atoms with E-state index in [1.165, 1.54) is 0 Å². The second-order valence-electron chi connectivity index (χ2n) is 1.94. The molecule has 0 atom stereocenters. The van der Waals surface area contributed by atoms with E-state index in [4.69, 9.17) is 0 Å². The van der Waals surface area contributed by atoms with Crippen molar-refractivity contribution in [1.29, 1.82) is 0 Å². The van der Waals surface area contributed by atoms with Gasteiger partial charge in [0.05, 0.1) is 0 Å². The van der Waals surface area contributed by atoms with Crippen LogP contribution in [-0.4, -0.2) is 12.6 Å². The normalized spacial score (nSPS) is 9.50. The molecule has 0 heterocycles. The summed E-state index contributed by atoms with van der Waals surface area (Å²) in [5, 5.41) is 0. The van der Waals surface area contributed by atoms with Gasteiger partial charge in [0.1, 0.15) is 12.6 Å². The molecule has 0 fully saturated rings. The van der Waals surface area contributed by atoms with Crippen molar-refractivity contribution in [1.82, 2.24) is 0 Å². The van der Waals surface area contributed by atoms with Crippen LogP contribution in [0.2, 0.25) is 0 Å². The predicted octanol–water partition coefficient (Wildman–Crippen LogP) is 2.30. The maximum atomic E-state index is 9.51. The molecular formula is C10H16O2. The second kappa shape index (κ2) is 16.4. The molecule has 0 aliphatic heterocycles. The Bertz CT molecular complexity index is 128. The average Bonchev–Trinajstić information content (AvgIpc) is 2.12. The Morgan fingerprint density at radius 1 is 0.833 bits per heavy atom. The first kappa shape index (κ1) is 13.4. The summed E-state index contributed by atoms with van der Waals surface area (Å²) in [5.74, 6) is 0. The van der Waals surface area contributed by atoms with Crippen LogP contribution in [0.4, 0.5) is 0 Å². The fourth-order valence-electron chi connectivity index (χ4n) is 0.383. The Hall–Kier alpha value is -1.18. The van der Waals surface area contributed by atoms with Crippen LogP contribution in [-0.2, 0) is 9.59 Å². The molecule has 68 valence electrons. The van der Waals surface area contributed by atoms with Crippen LogP contribution in [0.5, 0.6) is 0 Å². The first-order valence-electron chi connectivity index (χ1n) is 3.93. The molecule has 0 aliphatic rings. The highest BCUT2D eigenvalue weighted by Gasteiger charge is 1.63. The molecule has 0 aromatic carbocycles. The maximum absolute atomic E-state index is 9.51. The Morgan fingerprint density at radius 2 is 1.17 bits per heavy atom. The van der Waals surface area contributed by atoms with E-state index in [-0.39, 0.29) is 0 Å². The molecule has 2 nitrogen and oxygen atoms in total. The summed E-state index contributed by atoms with van der Waals surface area (Å²) in [6.45, 7) is 3.78. The summed E-state index contributed by atoms with van der Waals surface area (Å²) in [7, 11) is 0. The van der Waals surface area contributed by atoms with Gasteiger partial charge in [-0.15, -0.1) is 0 Å². The third kappa shape index (κ3) is 23.2. The van der Waals surface area contributed by atoms with Crippen molar-refractivity contribution in [2.75, 3.05) is 0 Å². The summed E-state index contributed by atoms with van der Waals surface area (Å²) in [5.41, 5.74) is 0. The molecule has 0 saturated carbocycles. The highest BCUT2D eigenvalue weighted by molar-refractivity contribution is 5.51. The molecule has 0 amide bonds. The van der Waals surface area contributed by atoms with E-state index in [1.807, 2.05) is 38.2 Å². The predicted molar refractivity (Wildman–Crippen MR) is 51.0 cm³/mol. The Morgan fingerprint density at radius 3 is 1.25 bits per heavy atom. The Kier molecular flexibility index (Phi) is 18.4. The van der Waals surface area contributed by atoms with Crippen LogP contribution in [0.25, 0.3) is 0 Å². The van der Waals surface area contributed by atoms with Crippen LogP contribution in [0.3, 0.4) is 0 Å². The topological polar surface area (TPSA) is 34.1 Å². The molecule has 0 aromatic rings. The van der Waals surface area contributed by atoms with Gasteiger partial charge in [-0.2, -0.15) is 0 Å². The zero-order valence-corrected chi connectivity index (χ0v) is 7.69. The van der Waals surface area contributed by atoms with Crippen LogP contribution in [0.1, 0.15) is 26.7 Å². The number of rotatable bonds is 4. The lowest BCUT2D eigenvalue weighted by Crippen LogP contribution is -1.61. The van der Waals surface area contributed by atoms with Crippen molar-refractivity contribution in [3.8, 4) is 0 Å². The molecule has 0 N–H and O–H groups in total. The van der Waals surface area contributed by atoms with E-state index in [9.17, 15) is 9.59 Å². The minimum Gasteiger partial charge on any atom is -0.303 e. The van der Waals surface area contributed by atoms with Gasteiger partial charge in [0.25, 0.3) is 0 Å². The number of hydrogen-bond acceptors (Lipinski definition) is 2. The van der Waals surface area contributed by atoms with Crippen molar-refractivity contribution in [3.05, 3.63) is 24.3 Å². The SMILES string of the molecule is CC=CCC=O.CC=CCC=O. The van der Waals surface area contributed by atoms with Gasteiger partial charge in [0, 0.05) is 12.8 Å². The van der Waals surface area contributed by atoms with Crippen LogP contribution in [0, 0.1) is 0 Å². The van der Waals surface area contributed by atoms with Crippen molar-refractivity contribution < 1.29 is 9.59 Å². The lowest BCUT2D eigenvalue weighted by atomic mass is 10.4. The number of carbonyl (C=O) groups is 2. The van der Waals surface area contributed by atoms with Crippen molar-refractivity contribution in [2.45, 2.75) is 26.7 Å². The molecule has 12 heavy (non-hydrogen) atoms. The van der Waals surface area contributed by atoms with E-state index in [1.54, 1.807) is 0 Å². The van der Waals surface area contributed by atoms with Crippen LogP contribution >= 0.6 is 0 Å². The smallest absolute Gasteiger partial charge is 0.123 e. The number of allylic oxidation sites excluding steroid dienone is 4. The Labute approximate surface area is 74.0 Å². The molecule has 0 bridgehead atoms. The first-order valence-corrected chi connectivity index (χ1v) is 3.93. The van der Waals surface area contributed by atoms with Gasteiger partial charge in [0.15, 0.2) is 0 Å². The summed E-state index contributed by atoms with van der Waals surface area (Å²) in [4.78, 5) is 19.0. The monoisotopic (exact) mass is 168 g/mol. The summed E-state index contributed by atoms with van der Waals surface area (Å²) >= 11 is 0. The fraction of sp³-hybridized carbons (Fsp3) is 0.400. The molecule has 0 aliphatic carbocycles. The van der Waals surface area contributed by atoms with Crippen molar-refractivity contribution in [3.63, 3.8) is 0 Å². The van der Waals surface area contributed by atoms with E-state index in [0.717, 1.165) is 12.6 Å². The quantitative estimate of drug-likeness (QED) is 0.477.